The molecule has 4 rings (SSSR count). The minimum Gasteiger partial charge on any atom is -0.465 e. The van der Waals surface area contributed by atoms with E-state index >= 15 is 0 Å². The van der Waals surface area contributed by atoms with E-state index in [1.165, 1.54) is 19.3 Å². The quantitative estimate of drug-likeness (QED) is 0.415. The molecule has 1 aromatic carbocycles. The van der Waals surface area contributed by atoms with Gasteiger partial charge in [-0.15, -0.1) is 0 Å². The average Bonchev–Trinajstić information content (AvgIpc) is 3.09. The van der Waals surface area contributed by atoms with Crippen molar-refractivity contribution in [3.63, 3.8) is 0 Å². The lowest BCUT2D eigenvalue weighted by Crippen LogP contribution is -2.49. The van der Waals surface area contributed by atoms with Gasteiger partial charge in [0.25, 0.3) is 0 Å². The highest BCUT2D eigenvalue weighted by Gasteiger charge is 2.37. The number of anilines is 2. The van der Waals surface area contributed by atoms with Gasteiger partial charge in [0.2, 0.25) is 10.0 Å². The number of carbonyl (C=O) groups excluding carboxylic acids is 1. The van der Waals surface area contributed by atoms with Gasteiger partial charge >= 0.3 is 12.1 Å². The Kier molecular flexibility index (Phi) is 9.68. The number of halogens is 3. The van der Waals surface area contributed by atoms with Crippen LogP contribution in [0, 0.1) is 12.8 Å². The van der Waals surface area contributed by atoms with Gasteiger partial charge in [-0.05, 0) is 43.0 Å². The summed E-state index contributed by atoms with van der Waals surface area (Å²) in [5, 5.41) is 15.4. The van der Waals surface area contributed by atoms with Crippen molar-refractivity contribution in [2.45, 2.75) is 38.6 Å². The minimum atomic E-state index is -4.27. The van der Waals surface area contributed by atoms with Crippen LogP contribution in [0.2, 0.25) is 0 Å². The number of allylic oxidation sites excluding steroid dienone is 4. The molecule has 1 aromatic heterocycles. The first-order valence-corrected chi connectivity index (χ1v) is 15.5. The first kappa shape index (κ1) is 31.6. The average molecular weight is 612 g/mol. The number of sulfonamides is 1. The summed E-state index contributed by atoms with van der Waals surface area (Å²) in [5.74, 6) is -2.06. The molecule has 0 bridgehead atoms. The van der Waals surface area contributed by atoms with Crippen molar-refractivity contribution < 1.29 is 36.2 Å². The van der Waals surface area contributed by atoms with Crippen molar-refractivity contribution >= 4 is 32.9 Å². The molecule has 0 spiro atoms. The maximum atomic E-state index is 13.1. The van der Waals surface area contributed by atoms with Gasteiger partial charge in [0.05, 0.1) is 54.6 Å². The molecule has 10 nitrogen and oxygen atoms in total. The van der Waals surface area contributed by atoms with Crippen molar-refractivity contribution in [2.75, 3.05) is 55.7 Å². The summed E-state index contributed by atoms with van der Waals surface area (Å²) >= 11 is 0. The third kappa shape index (κ3) is 7.92. The summed E-state index contributed by atoms with van der Waals surface area (Å²) in [6, 6.07) is 4.76. The summed E-state index contributed by atoms with van der Waals surface area (Å²) in [6.45, 7) is 4.44. The molecular formula is C28H36F3N5O5S. The molecule has 1 aliphatic carbocycles. The zero-order chi connectivity index (χ0) is 30.7. The molecule has 1 aliphatic heterocycles. The van der Waals surface area contributed by atoms with Crippen molar-refractivity contribution in [1.82, 2.24) is 14.7 Å². The number of benzene rings is 1. The number of carbonyl (C=O) groups is 1. The van der Waals surface area contributed by atoms with E-state index < -0.39 is 34.2 Å². The van der Waals surface area contributed by atoms with Gasteiger partial charge in [0.1, 0.15) is 0 Å². The van der Waals surface area contributed by atoms with Crippen molar-refractivity contribution in [3.8, 4) is 0 Å². The van der Waals surface area contributed by atoms with E-state index in [0.29, 0.717) is 56.1 Å². The molecule has 230 valence electrons. The second-order valence-corrected chi connectivity index (χ2v) is 12.4. The Labute approximate surface area is 243 Å². The summed E-state index contributed by atoms with van der Waals surface area (Å²) < 4.78 is 72.3. The maximum absolute atomic E-state index is 13.1. The van der Waals surface area contributed by atoms with Crippen LogP contribution in [-0.4, -0.2) is 92.5 Å². The summed E-state index contributed by atoms with van der Waals surface area (Å²) in [7, 11) is -2.33. The Bertz CT molecular complexity index is 1450. The number of aliphatic hydroxyl groups excluding tert-OH is 1. The van der Waals surface area contributed by atoms with Crippen LogP contribution in [0.5, 0.6) is 0 Å². The Morgan fingerprint density at radius 1 is 1.21 bits per heavy atom. The number of para-hydroxylation sites is 1. The van der Waals surface area contributed by atoms with E-state index in [0.717, 1.165) is 11.8 Å². The molecule has 0 amide bonds. The lowest BCUT2D eigenvalue weighted by molar-refractivity contribution is -0.162. The van der Waals surface area contributed by atoms with E-state index in [4.69, 9.17) is 4.74 Å². The molecule has 2 atom stereocenters. The van der Waals surface area contributed by atoms with Gasteiger partial charge in [-0.1, -0.05) is 24.3 Å². The number of esters is 1. The monoisotopic (exact) mass is 611 g/mol. The molecule has 2 aromatic rings. The third-order valence-corrected chi connectivity index (χ3v) is 7.87. The largest absolute Gasteiger partial charge is 0.465 e. The Morgan fingerprint density at radius 2 is 1.93 bits per heavy atom. The van der Waals surface area contributed by atoms with E-state index in [1.807, 2.05) is 11.8 Å². The van der Waals surface area contributed by atoms with Crippen LogP contribution in [0.4, 0.5) is 24.5 Å². The number of alkyl halides is 3. The number of β-amino-alcohol motifs (C(OH)–C–C–N with tert-alkyl or cyclic N) is 1. The minimum absolute atomic E-state index is 0.000956. The Balaban J connectivity index is 1.38. The maximum Gasteiger partial charge on any atom is 0.395 e. The fraction of sp³-hybridized carbons (Fsp3) is 0.500. The predicted octanol–water partition coefficient (Wildman–Crippen LogP) is 3.44. The number of nitrogens with one attached hydrogen (secondary N) is 1. The highest BCUT2D eigenvalue weighted by Crippen LogP contribution is 2.35. The fourth-order valence-electron chi connectivity index (χ4n) is 5.32. The number of hydrogen-bond donors (Lipinski definition) is 2. The summed E-state index contributed by atoms with van der Waals surface area (Å²) in [5.41, 5.74) is 3.01. The van der Waals surface area contributed by atoms with Crippen LogP contribution in [0.3, 0.4) is 0 Å². The Hall–Kier alpha value is -3.36. The number of ether oxygens (including phenoxy) is 1. The number of nitrogens with zero attached hydrogens (tertiary/aromatic N) is 4. The SMILES string of the molecule is COC(=O)c1cccc(NS(C)(=O)=O)c1N1CCN(CC(O)Cn2cc(C)c(C3=CCCC(C(F)(F)F)C=C3)n2)CC1. The van der Waals surface area contributed by atoms with Gasteiger partial charge in [-0.3, -0.25) is 14.3 Å². The topological polar surface area (TPSA) is 117 Å². The van der Waals surface area contributed by atoms with Gasteiger partial charge in [-0.25, -0.2) is 13.2 Å². The van der Waals surface area contributed by atoms with Crippen LogP contribution in [0.1, 0.15) is 34.5 Å². The second kappa shape index (κ2) is 12.9. The third-order valence-electron chi connectivity index (χ3n) is 7.28. The zero-order valence-corrected chi connectivity index (χ0v) is 24.6. The number of aryl methyl sites for hydroxylation is 1. The molecule has 2 unspecified atom stereocenters. The molecule has 1 saturated heterocycles. The van der Waals surface area contributed by atoms with Gasteiger partial charge in [-0.2, -0.15) is 18.3 Å². The van der Waals surface area contributed by atoms with E-state index in [2.05, 4.69) is 14.7 Å². The normalized spacial score (nSPS) is 19.3. The van der Waals surface area contributed by atoms with Crippen LogP contribution < -0.4 is 9.62 Å². The van der Waals surface area contributed by atoms with Crippen LogP contribution >= 0.6 is 0 Å². The number of methoxy groups -OCH3 is 1. The number of rotatable bonds is 9. The molecule has 42 heavy (non-hydrogen) atoms. The molecule has 14 heteroatoms. The second-order valence-electron chi connectivity index (χ2n) is 10.6. The standard InChI is InChI=1S/C28H36F3N5O5S/c1-19-16-36(32-25(19)20-6-4-7-21(11-10-20)28(29,30)31)18-22(37)17-34-12-14-35(15-13-34)26-23(27(38)41-2)8-5-9-24(26)33-42(3,39)40/h5-6,8-11,16,21-22,33,37H,4,7,12-15,17-18H2,1-3H3. The van der Waals surface area contributed by atoms with Crippen LogP contribution in [0.15, 0.2) is 42.6 Å². The molecule has 0 radical (unpaired) electrons. The fourth-order valence-corrected chi connectivity index (χ4v) is 5.88. The molecular weight excluding hydrogens is 575 g/mol. The lowest BCUT2D eigenvalue weighted by Gasteiger charge is -2.38. The number of aliphatic hydroxyl groups is 1. The first-order valence-electron chi connectivity index (χ1n) is 13.6. The molecule has 2 aliphatic rings. The first-order chi connectivity index (χ1) is 19.7. The number of aromatic nitrogens is 2. The van der Waals surface area contributed by atoms with Crippen LogP contribution in [0.25, 0.3) is 5.57 Å². The lowest BCUT2D eigenvalue weighted by atomic mass is 10.0. The highest BCUT2D eigenvalue weighted by molar-refractivity contribution is 7.92. The highest BCUT2D eigenvalue weighted by atomic mass is 32.2. The number of piperazine rings is 1. The van der Waals surface area contributed by atoms with E-state index in [-0.39, 0.29) is 24.2 Å². The van der Waals surface area contributed by atoms with Crippen molar-refractivity contribution in [2.24, 2.45) is 5.92 Å². The zero-order valence-electron chi connectivity index (χ0n) is 23.8. The smallest absolute Gasteiger partial charge is 0.395 e. The van der Waals surface area contributed by atoms with Crippen molar-refractivity contribution in [3.05, 3.63) is 59.4 Å². The molecule has 2 heterocycles. The van der Waals surface area contributed by atoms with Gasteiger partial charge < -0.3 is 14.7 Å². The molecule has 2 N–H and O–H groups in total. The molecule has 0 saturated carbocycles. The number of hydrogen-bond acceptors (Lipinski definition) is 8. The molecule has 1 fully saturated rings. The van der Waals surface area contributed by atoms with Crippen LogP contribution in [-0.2, 0) is 21.3 Å². The predicted molar refractivity (Wildman–Crippen MR) is 154 cm³/mol. The summed E-state index contributed by atoms with van der Waals surface area (Å²) in [6.07, 6.45) is 2.52. The summed E-state index contributed by atoms with van der Waals surface area (Å²) in [4.78, 5) is 16.4. The van der Waals surface area contributed by atoms with Gasteiger partial charge in [0, 0.05) is 38.9 Å². The van der Waals surface area contributed by atoms with E-state index in [1.54, 1.807) is 35.2 Å². The Morgan fingerprint density at radius 3 is 2.57 bits per heavy atom. The van der Waals surface area contributed by atoms with Crippen molar-refractivity contribution in [1.29, 1.82) is 0 Å². The van der Waals surface area contributed by atoms with E-state index in [9.17, 15) is 31.5 Å². The van der Waals surface area contributed by atoms with Gasteiger partial charge in [0.15, 0.2) is 0 Å².